The molecule has 0 N–H and O–H groups in total. The molecule has 2 aliphatic heterocycles. The first-order chi connectivity index (χ1) is 11.3. The molecule has 2 heterocycles. The van der Waals surface area contributed by atoms with Gasteiger partial charge in [0.25, 0.3) is 0 Å². The molecule has 1 spiro atoms. The molecule has 23 heavy (non-hydrogen) atoms. The number of benzene rings is 3. The maximum atomic E-state index is 6.35. The molecule has 2 aliphatic rings. The molecule has 0 unspecified atom stereocenters. The van der Waals surface area contributed by atoms with Crippen molar-refractivity contribution in [3.05, 3.63) is 78.9 Å². The second-order valence-electron chi connectivity index (χ2n) is 5.41. The number of fused-ring (bicyclic) bond motifs is 2. The number of hydrogen-bond donors (Lipinski definition) is 0. The Morgan fingerprint density at radius 3 is 1.17 bits per heavy atom. The summed E-state index contributed by atoms with van der Waals surface area (Å²) in [5.41, 5.74) is 0. The average molecular weight is 415 g/mol. The van der Waals surface area contributed by atoms with Crippen molar-refractivity contribution in [3.8, 4) is 23.0 Å². The minimum atomic E-state index is -4.99. The summed E-state index contributed by atoms with van der Waals surface area (Å²) in [7, 11) is 0. The van der Waals surface area contributed by atoms with Crippen LogP contribution in [0.2, 0.25) is 0 Å². The van der Waals surface area contributed by atoms with E-state index >= 15 is 0 Å². The molecule has 0 saturated carbocycles. The summed E-state index contributed by atoms with van der Waals surface area (Å²) in [4.78, 5) is 0. The topological polar surface area (TPSA) is 36.9 Å². The summed E-state index contributed by atoms with van der Waals surface area (Å²) >= 11 is -4.99. The molecule has 5 rings (SSSR count). The molecule has 0 bridgehead atoms. The van der Waals surface area contributed by atoms with Crippen LogP contribution in [0.15, 0.2) is 78.9 Å². The Morgan fingerprint density at radius 1 is 0.435 bits per heavy atom. The third kappa shape index (κ3) is 1.73. The van der Waals surface area contributed by atoms with Gasteiger partial charge in [-0.25, -0.2) is 0 Å². The molecule has 5 heteroatoms. The van der Waals surface area contributed by atoms with Crippen LogP contribution in [0.25, 0.3) is 0 Å². The fourth-order valence-electron chi connectivity index (χ4n) is 2.87. The van der Waals surface area contributed by atoms with Crippen molar-refractivity contribution in [3.63, 3.8) is 0 Å². The van der Waals surface area contributed by atoms with Crippen LogP contribution in [0.3, 0.4) is 0 Å². The van der Waals surface area contributed by atoms with Crippen LogP contribution in [-0.4, -0.2) is 19.1 Å². The van der Waals surface area contributed by atoms with Gasteiger partial charge in [-0.15, -0.1) is 0 Å². The number of hydrogen-bond acceptors (Lipinski definition) is 4. The van der Waals surface area contributed by atoms with E-state index in [2.05, 4.69) is 0 Å². The van der Waals surface area contributed by atoms with E-state index in [1.165, 1.54) is 0 Å². The van der Waals surface area contributed by atoms with Gasteiger partial charge in [0.1, 0.15) is 0 Å². The third-order valence-corrected chi connectivity index (χ3v) is 13.0. The molecular formula is C18H13O4Sb. The zero-order valence-electron chi connectivity index (χ0n) is 12.1. The van der Waals surface area contributed by atoms with E-state index in [0.717, 1.165) is 3.51 Å². The Hall–Kier alpha value is -2.32. The SMILES string of the molecule is c1cc[c]([Sb]23([O]c4ccccc4[O]2)[O]c2ccccc2[O]3)cc1. The van der Waals surface area contributed by atoms with Gasteiger partial charge < -0.3 is 0 Å². The van der Waals surface area contributed by atoms with E-state index in [9.17, 15) is 0 Å². The molecule has 0 radical (unpaired) electrons. The first-order valence-electron chi connectivity index (χ1n) is 7.34. The second-order valence-corrected chi connectivity index (χ2v) is 13.6. The Morgan fingerprint density at radius 2 is 0.783 bits per heavy atom. The Kier molecular flexibility index (Phi) is 2.49. The van der Waals surface area contributed by atoms with Crippen LogP contribution in [-0.2, 0) is 0 Å². The summed E-state index contributed by atoms with van der Waals surface area (Å²) in [6, 6.07) is 24.8. The van der Waals surface area contributed by atoms with Crippen LogP contribution in [0, 0.1) is 0 Å². The van der Waals surface area contributed by atoms with Crippen molar-refractivity contribution < 1.29 is 12.1 Å². The summed E-state index contributed by atoms with van der Waals surface area (Å²) in [5.74, 6) is 2.63. The van der Waals surface area contributed by atoms with Crippen LogP contribution in [0.1, 0.15) is 0 Å². The van der Waals surface area contributed by atoms with E-state index in [-0.39, 0.29) is 0 Å². The van der Waals surface area contributed by atoms with Gasteiger partial charge in [-0.2, -0.15) is 0 Å². The summed E-state index contributed by atoms with van der Waals surface area (Å²) in [6.45, 7) is 0. The fraction of sp³-hybridized carbons (Fsp3) is 0. The predicted molar refractivity (Wildman–Crippen MR) is 87.2 cm³/mol. The van der Waals surface area contributed by atoms with E-state index in [1.54, 1.807) is 0 Å². The van der Waals surface area contributed by atoms with Crippen molar-refractivity contribution in [1.82, 2.24) is 0 Å². The van der Waals surface area contributed by atoms with Crippen LogP contribution < -0.4 is 15.6 Å². The van der Waals surface area contributed by atoms with E-state index in [4.69, 9.17) is 12.1 Å². The van der Waals surface area contributed by atoms with Gasteiger partial charge in [0.15, 0.2) is 0 Å². The average Bonchev–Trinajstić information content (AvgIpc) is 3.11. The first-order valence-corrected chi connectivity index (χ1v) is 12.8. The molecule has 4 nitrogen and oxygen atoms in total. The summed E-state index contributed by atoms with van der Waals surface area (Å²) < 4.78 is 26.2. The second kappa shape index (κ2) is 4.36. The quantitative estimate of drug-likeness (QED) is 0.573. The zero-order chi connectivity index (χ0) is 15.4. The van der Waals surface area contributed by atoms with Crippen molar-refractivity contribution in [1.29, 1.82) is 0 Å². The normalized spacial score (nSPS) is 19.9. The summed E-state index contributed by atoms with van der Waals surface area (Å²) in [5, 5.41) is 0. The van der Waals surface area contributed by atoms with Gasteiger partial charge in [0.2, 0.25) is 0 Å². The van der Waals surface area contributed by atoms with Gasteiger partial charge in [-0.1, -0.05) is 0 Å². The number of para-hydroxylation sites is 4. The Balaban J connectivity index is 1.75. The van der Waals surface area contributed by atoms with Crippen LogP contribution in [0.4, 0.5) is 0 Å². The standard InChI is InChI=1S/2C6H6O2.C6H5.Sb/c2*7-5-3-1-2-4-6(5)8;1-2-4-6-5-3-1;/h2*1-4,7-8H;1-5H;/q;;;+4/p-4. The third-order valence-electron chi connectivity index (χ3n) is 3.90. The molecule has 3 aromatic carbocycles. The van der Waals surface area contributed by atoms with Crippen molar-refractivity contribution in [2.24, 2.45) is 0 Å². The van der Waals surface area contributed by atoms with Gasteiger partial charge >= 0.3 is 137 Å². The molecule has 0 aromatic heterocycles. The van der Waals surface area contributed by atoms with Gasteiger partial charge in [0.05, 0.1) is 0 Å². The van der Waals surface area contributed by atoms with E-state index < -0.39 is 19.1 Å². The van der Waals surface area contributed by atoms with Gasteiger partial charge in [-0.3, -0.25) is 0 Å². The molecule has 0 aliphatic carbocycles. The molecule has 114 valence electrons. The van der Waals surface area contributed by atoms with Crippen LogP contribution >= 0.6 is 0 Å². The predicted octanol–water partition coefficient (Wildman–Crippen LogP) is 3.23. The molecule has 3 aromatic rings. The number of rotatable bonds is 1. The molecular weight excluding hydrogens is 402 g/mol. The molecule has 0 fully saturated rings. The first kappa shape index (κ1) is 13.1. The van der Waals surface area contributed by atoms with Crippen LogP contribution in [0.5, 0.6) is 23.0 Å². The van der Waals surface area contributed by atoms with E-state index in [1.807, 2.05) is 78.9 Å². The Labute approximate surface area is 136 Å². The zero-order valence-corrected chi connectivity index (χ0v) is 14.6. The molecule has 0 amide bonds. The van der Waals surface area contributed by atoms with Crippen molar-refractivity contribution in [2.45, 2.75) is 0 Å². The monoisotopic (exact) mass is 414 g/mol. The summed E-state index contributed by atoms with van der Waals surface area (Å²) in [6.07, 6.45) is 0. The van der Waals surface area contributed by atoms with Gasteiger partial charge in [0, 0.05) is 0 Å². The Bertz CT molecular complexity index is 797. The minimum absolute atomic E-state index is 0.658. The van der Waals surface area contributed by atoms with Gasteiger partial charge in [-0.05, 0) is 0 Å². The molecule has 0 atom stereocenters. The van der Waals surface area contributed by atoms with E-state index in [0.29, 0.717) is 23.0 Å². The van der Waals surface area contributed by atoms with Crippen molar-refractivity contribution in [2.75, 3.05) is 0 Å². The fourth-order valence-corrected chi connectivity index (χ4v) is 12.2. The maximum absolute atomic E-state index is 6.35. The molecule has 0 saturated heterocycles. The van der Waals surface area contributed by atoms with Crippen molar-refractivity contribution >= 4 is 22.6 Å².